The Morgan fingerprint density at radius 1 is 1.22 bits per heavy atom. The molecule has 0 aliphatic rings. The second-order valence-electron chi connectivity index (χ2n) is 4.69. The van der Waals surface area contributed by atoms with E-state index in [1.807, 2.05) is 29.6 Å². The molecule has 1 aromatic heterocycles. The Labute approximate surface area is 137 Å². The average molecular weight is 327 g/mol. The number of hydrazone groups is 1. The minimum Gasteiger partial charge on any atom is -0.497 e. The van der Waals surface area contributed by atoms with Crippen molar-refractivity contribution in [3.8, 4) is 17.0 Å². The first-order valence-electron chi connectivity index (χ1n) is 6.89. The van der Waals surface area contributed by atoms with Crippen LogP contribution >= 0.6 is 11.3 Å². The number of thiazole rings is 1. The van der Waals surface area contributed by atoms with E-state index in [0.717, 1.165) is 17.0 Å². The summed E-state index contributed by atoms with van der Waals surface area (Å²) in [5.41, 5.74) is 5.36. The maximum absolute atomic E-state index is 13.1. The summed E-state index contributed by atoms with van der Waals surface area (Å²) >= 11 is 1.45. The van der Waals surface area contributed by atoms with Gasteiger partial charge in [-0.15, -0.1) is 11.3 Å². The van der Waals surface area contributed by atoms with E-state index in [1.54, 1.807) is 25.5 Å². The van der Waals surface area contributed by atoms with Gasteiger partial charge in [-0.25, -0.2) is 9.37 Å². The summed E-state index contributed by atoms with van der Waals surface area (Å²) in [6.45, 7) is 0. The van der Waals surface area contributed by atoms with E-state index in [0.29, 0.717) is 10.7 Å². The van der Waals surface area contributed by atoms with Gasteiger partial charge in [-0.1, -0.05) is 24.3 Å². The lowest BCUT2D eigenvalue weighted by Gasteiger charge is -2.01. The van der Waals surface area contributed by atoms with Gasteiger partial charge in [0.2, 0.25) is 5.13 Å². The summed E-state index contributed by atoms with van der Waals surface area (Å²) in [6, 6.07) is 13.9. The van der Waals surface area contributed by atoms with Gasteiger partial charge in [0.25, 0.3) is 0 Å². The van der Waals surface area contributed by atoms with Crippen molar-refractivity contribution in [3.63, 3.8) is 0 Å². The molecule has 0 radical (unpaired) electrons. The molecule has 3 aromatic rings. The molecular weight excluding hydrogens is 313 g/mol. The van der Waals surface area contributed by atoms with E-state index >= 15 is 0 Å². The molecule has 6 heteroatoms. The number of ether oxygens (including phenoxy) is 1. The predicted octanol–water partition coefficient (Wildman–Crippen LogP) is 4.40. The number of hydrogen-bond donors (Lipinski definition) is 1. The number of nitrogens with zero attached hydrogens (tertiary/aromatic N) is 2. The molecule has 116 valence electrons. The average Bonchev–Trinajstić information content (AvgIpc) is 3.04. The molecular formula is C17H14FN3OS. The summed E-state index contributed by atoms with van der Waals surface area (Å²) in [5.74, 6) is 0.498. The number of methoxy groups -OCH3 is 1. The first-order chi connectivity index (χ1) is 11.2. The van der Waals surface area contributed by atoms with Gasteiger partial charge in [0.1, 0.15) is 11.6 Å². The molecule has 1 heterocycles. The summed E-state index contributed by atoms with van der Waals surface area (Å²) in [4.78, 5) is 4.47. The zero-order valence-electron chi connectivity index (χ0n) is 12.4. The Hall–Kier alpha value is -2.73. The van der Waals surface area contributed by atoms with Crippen molar-refractivity contribution in [1.29, 1.82) is 0 Å². The van der Waals surface area contributed by atoms with Gasteiger partial charge >= 0.3 is 0 Å². The lowest BCUT2D eigenvalue weighted by molar-refractivity contribution is 0.415. The van der Waals surface area contributed by atoms with Crippen LogP contribution in [-0.4, -0.2) is 18.3 Å². The molecule has 0 aliphatic carbocycles. The van der Waals surface area contributed by atoms with Gasteiger partial charge in [0.05, 0.1) is 19.0 Å². The molecule has 0 aliphatic heterocycles. The fourth-order valence-electron chi connectivity index (χ4n) is 1.99. The molecule has 23 heavy (non-hydrogen) atoms. The lowest BCUT2D eigenvalue weighted by atomic mass is 10.2. The second kappa shape index (κ2) is 7.02. The highest BCUT2D eigenvalue weighted by Gasteiger charge is 2.05. The summed E-state index contributed by atoms with van der Waals surface area (Å²) in [5, 5.41) is 6.68. The number of benzene rings is 2. The first kappa shape index (κ1) is 15.2. The van der Waals surface area contributed by atoms with Crippen LogP contribution in [0.5, 0.6) is 5.75 Å². The maximum atomic E-state index is 13.1. The standard InChI is InChI=1S/C17H14FN3OS/c1-22-15-7-3-5-13(9-15)16-11-23-17(20-16)21-19-10-12-4-2-6-14(18)8-12/h2-11H,1H3,(H,20,21)/b19-10-. The van der Waals surface area contributed by atoms with E-state index in [9.17, 15) is 4.39 Å². The third kappa shape index (κ3) is 3.92. The van der Waals surface area contributed by atoms with E-state index in [4.69, 9.17) is 4.74 Å². The zero-order valence-corrected chi connectivity index (χ0v) is 13.2. The molecule has 0 saturated carbocycles. The van der Waals surface area contributed by atoms with Crippen molar-refractivity contribution < 1.29 is 9.13 Å². The third-order valence-corrected chi connectivity index (χ3v) is 3.84. The van der Waals surface area contributed by atoms with Crippen molar-refractivity contribution in [3.05, 3.63) is 65.3 Å². The van der Waals surface area contributed by atoms with Crippen molar-refractivity contribution >= 4 is 22.7 Å². The Kier molecular flexibility index (Phi) is 4.63. The van der Waals surface area contributed by atoms with Crippen molar-refractivity contribution in [2.24, 2.45) is 5.10 Å². The minimum atomic E-state index is -0.288. The largest absolute Gasteiger partial charge is 0.497 e. The number of halogens is 1. The molecule has 1 N–H and O–H groups in total. The Morgan fingerprint density at radius 3 is 2.91 bits per heavy atom. The number of aromatic nitrogens is 1. The molecule has 0 unspecified atom stereocenters. The van der Waals surface area contributed by atoms with E-state index < -0.39 is 0 Å². The van der Waals surface area contributed by atoms with Crippen LogP contribution in [0.4, 0.5) is 9.52 Å². The molecule has 3 rings (SSSR count). The minimum absolute atomic E-state index is 0.288. The van der Waals surface area contributed by atoms with Crippen LogP contribution in [0.15, 0.2) is 59.0 Å². The number of rotatable bonds is 5. The normalized spacial score (nSPS) is 10.9. The first-order valence-corrected chi connectivity index (χ1v) is 7.77. The van der Waals surface area contributed by atoms with Gasteiger partial charge in [-0.3, -0.25) is 5.43 Å². The molecule has 0 saturated heterocycles. The van der Waals surface area contributed by atoms with E-state index in [1.165, 1.54) is 23.5 Å². The van der Waals surface area contributed by atoms with Crippen LogP contribution in [0.1, 0.15) is 5.56 Å². The molecule has 4 nitrogen and oxygen atoms in total. The van der Waals surface area contributed by atoms with Crippen molar-refractivity contribution in [1.82, 2.24) is 4.98 Å². The van der Waals surface area contributed by atoms with Crippen LogP contribution in [0.2, 0.25) is 0 Å². The van der Waals surface area contributed by atoms with Crippen LogP contribution in [0.3, 0.4) is 0 Å². The maximum Gasteiger partial charge on any atom is 0.203 e. The Morgan fingerprint density at radius 2 is 2.09 bits per heavy atom. The highest BCUT2D eigenvalue weighted by atomic mass is 32.1. The van der Waals surface area contributed by atoms with Gasteiger partial charge < -0.3 is 4.74 Å². The van der Waals surface area contributed by atoms with Gasteiger partial charge in [0.15, 0.2) is 0 Å². The van der Waals surface area contributed by atoms with Crippen LogP contribution < -0.4 is 10.2 Å². The fourth-order valence-corrected chi connectivity index (χ4v) is 2.66. The number of nitrogens with one attached hydrogen (secondary N) is 1. The molecule has 0 atom stereocenters. The van der Waals surface area contributed by atoms with Crippen LogP contribution in [0.25, 0.3) is 11.3 Å². The number of anilines is 1. The zero-order chi connectivity index (χ0) is 16.1. The van der Waals surface area contributed by atoms with Gasteiger partial charge in [0, 0.05) is 10.9 Å². The smallest absolute Gasteiger partial charge is 0.203 e. The van der Waals surface area contributed by atoms with Crippen molar-refractivity contribution in [2.45, 2.75) is 0 Å². The third-order valence-electron chi connectivity index (χ3n) is 3.09. The van der Waals surface area contributed by atoms with Crippen LogP contribution in [-0.2, 0) is 0 Å². The number of hydrogen-bond acceptors (Lipinski definition) is 5. The highest BCUT2D eigenvalue weighted by Crippen LogP contribution is 2.27. The molecule has 0 fully saturated rings. The Balaban J connectivity index is 1.69. The van der Waals surface area contributed by atoms with E-state index in [2.05, 4.69) is 15.5 Å². The monoisotopic (exact) mass is 327 g/mol. The lowest BCUT2D eigenvalue weighted by Crippen LogP contribution is -1.90. The van der Waals surface area contributed by atoms with E-state index in [-0.39, 0.29) is 5.82 Å². The predicted molar refractivity (Wildman–Crippen MR) is 91.7 cm³/mol. The second-order valence-corrected chi connectivity index (χ2v) is 5.55. The van der Waals surface area contributed by atoms with Gasteiger partial charge in [-0.05, 0) is 29.8 Å². The van der Waals surface area contributed by atoms with Crippen molar-refractivity contribution in [2.75, 3.05) is 12.5 Å². The molecule has 0 spiro atoms. The topological polar surface area (TPSA) is 46.5 Å². The summed E-state index contributed by atoms with van der Waals surface area (Å²) in [7, 11) is 1.63. The fraction of sp³-hybridized carbons (Fsp3) is 0.0588. The van der Waals surface area contributed by atoms with Crippen LogP contribution in [0, 0.1) is 5.82 Å². The molecule has 0 amide bonds. The Bertz CT molecular complexity index is 832. The quantitative estimate of drug-likeness (QED) is 0.558. The van der Waals surface area contributed by atoms with Gasteiger partial charge in [-0.2, -0.15) is 5.10 Å². The summed E-state index contributed by atoms with van der Waals surface area (Å²) < 4.78 is 18.3. The molecule has 0 bridgehead atoms. The summed E-state index contributed by atoms with van der Waals surface area (Å²) in [6.07, 6.45) is 1.55. The molecule has 2 aromatic carbocycles. The SMILES string of the molecule is COc1cccc(-c2csc(N/N=C\c3cccc(F)c3)n2)c1. The highest BCUT2D eigenvalue weighted by molar-refractivity contribution is 7.14.